The van der Waals surface area contributed by atoms with Crippen LogP contribution >= 0.6 is 23.2 Å². The number of amides is 4. The van der Waals surface area contributed by atoms with Crippen LogP contribution in [-0.4, -0.2) is 73.9 Å². The van der Waals surface area contributed by atoms with Crippen molar-refractivity contribution in [2.24, 2.45) is 0 Å². The number of piperidine rings is 2. The third kappa shape index (κ3) is 6.66. The van der Waals surface area contributed by atoms with Crippen LogP contribution in [0.25, 0.3) is 11.1 Å². The highest BCUT2D eigenvalue weighted by atomic mass is 35.5. The van der Waals surface area contributed by atoms with E-state index >= 15 is 4.39 Å². The molecule has 2 aromatic carbocycles. The van der Waals surface area contributed by atoms with E-state index < -0.39 is 41.3 Å². The van der Waals surface area contributed by atoms with Gasteiger partial charge in [-0.15, -0.1) is 0 Å². The van der Waals surface area contributed by atoms with Gasteiger partial charge >= 0.3 is 0 Å². The molecule has 5 heterocycles. The van der Waals surface area contributed by atoms with Gasteiger partial charge in [0.15, 0.2) is 11.6 Å². The molecule has 2 fully saturated rings. The summed E-state index contributed by atoms with van der Waals surface area (Å²) in [5.41, 5.74) is 7.88. The lowest BCUT2D eigenvalue weighted by Gasteiger charge is -2.32. The van der Waals surface area contributed by atoms with Crippen LogP contribution in [0.15, 0.2) is 48.9 Å². The van der Waals surface area contributed by atoms with Gasteiger partial charge in [-0.2, -0.15) is 5.10 Å². The molecule has 2 saturated heterocycles. The van der Waals surface area contributed by atoms with Gasteiger partial charge in [-0.1, -0.05) is 29.3 Å². The first-order valence-corrected chi connectivity index (χ1v) is 17.1. The molecular weight excluding hydrogens is 707 g/mol. The minimum atomic E-state index is -1.16. The topological polar surface area (TPSA) is 153 Å². The van der Waals surface area contributed by atoms with Gasteiger partial charge < -0.3 is 10.5 Å². The van der Waals surface area contributed by atoms with Crippen molar-refractivity contribution in [1.29, 1.82) is 0 Å². The van der Waals surface area contributed by atoms with Crippen molar-refractivity contribution in [3.05, 3.63) is 92.9 Å². The van der Waals surface area contributed by atoms with Crippen LogP contribution in [0, 0.1) is 11.6 Å². The second-order valence-corrected chi connectivity index (χ2v) is 13.4. The Morgan fingerprint density at radius 2 is 1.76 bits per heavy atom. The first-order valence-electron chi connectivity index (χ1n) is 16.3. The molecule has 3 aliphatic heterocycles. The SMILES string of the molecule is Nc1ncc(-c2cnn(C3CCN(Cc4ccc5c(c4F)C(=O)N([C@@H]4CCC(=O)NC4=O)C5=O)CC3)c2)cc1OCCc1c(Cl)ccc(F)c1Cl. The maximum absolute atomic E-state index is 15.8. The van der Waals surface area contributed by atoms with Crippen LogP contribution in [0.1, 0.15) is 63.6 Å². The predicted molar refractivity (Wildman–Crippen MR) is 182 cm³/mol. The third-order valence-electron chi connectivity index (χ3n) is 9.52. The molecule has 0 bridgehead atoms. The summed E-state index contributed by atoms with van der Waals surface area (Å²) in [5, 5.41) is 7.02. The maximum atomic E-state index is 15.8. The van der Waals surface area contributed by atoms with E-state index in [0.717, 1.165) is 28.9 Å². The van der Waals surface area contributed by atoms with Gasteiger partial charge in [-0.25, -0.2) is 13.8 Å². The van der Waals surface area contributed by atoms with Crippen molar-refractivity contribution in [1.82, 2.24) is 29.9 Å². The van der Waals surface area contributed by atoms with Crippen molar-refractivity contribution in [3.8, 4) is 16.9 Å². The molecule has 0 saturated carbocycles. The van der Waals surface area contributed by atoms with E-state index in [1.807, 2.05) is 10.9 Å². The average molecular weight is 739 g/mol. The maximum Gasteiger partial charge on any atom is 0.265 e. The smallest absolute Gasteiger partial charge is 0.265 e. The number of nitrogens with zero attached hydrogens (tertiary/aromatic N) is 5. The molecule has 3 N–H and O–H groups in total. The van der Waals surface area contributed by atoms with Gasteiger partial charge in [0.25, 0.3) is 11.8 Å². The summed E-state index contributed by atoms with van der Waals surface area (Å²) in [7, 11) is 0. The Morgan fingerprint density at radius 1 is 0.980 bits per heavy atom. The largest absolute Gasteiger partial charge is 0.489 e. The van der Waals surface area contributed by atoms with Crippen LogP contribution in [0.5, 0.6) is 5.75 Å². The van der Waals surface area contributed by atoms with Gasteiger partial charge in [0.2, 0.25) is 11.8 Å². The number of nitrogens with two attached hydrogens (primary N) is 1. The first-order chi connectivity index (χ1) is 24.5. The number of fused-ring (bicyclic) bond motifs is 1. The highest BCUT2D eigenvalue weighted by Crippen LogP contribution is 2.34. The Balaban J connectivity index is 0.964. The lowest BCUT2D eigenvalue weighted by molar-refractivity contribution is -0.136. The molecular formula is C35H31Cl2F2N7O5. The second-order valence-electron chi connectivity index (χ2n) is 12.7. The fourth-order valence-electron chi connectivity index (χ4n) is 6.74. The Morgan fingerprint density at radius 3 is 2.53 bits per heavy atom. The number of likely N-dealkylation sites (tertiary alicyclic amines) is 1. The number of hydrogen-bond acceptors (Lipinski definition) is 9. The molecule has 7 rings (SSSR count). The molecule has 0 spiro atoms. The second kappa shape index (κ2) is 14.0. The molecule has 3 aliphatic rings. The monoisotopic (exact) mass is 737 g/mol. The van der Waals surface area contributed by atoms with Gasteiger partial charge in [-0.05, 0) is 49.1 Å². The summed E-state index contributed by atoms with van der Waals surface area (Å²) in [6, 6.07) is 6.26. The number of carbonyl (C=O) groups is 4. The van der Waals surface area contributed by atoms with Gasteiger partial charge in [0.1, 0.15) is 17.7 Å². The van der Waals surface area contributed by atoms with Crippen LogP contribution in [0.2, 0.25) is 10.0 Å². The Kier molecular flexibility index (Phi) is 9.48. The molecule has 0 aliphatic carbocycles. The zero-order valence-electron chi connectivity index (χ0n) is 27.0. The summed E-state index contributed by atoms with van der Waals surface area (Å²) < 4.78 is 37.4. The minimum absolute atomic E-state index is 0.00492. The van der Waals surface area contributed by atoms with E-state index in [2.05, 4.69) is 20.3 Å². The van der Waals surface area contributed by atoms with E-state index in [9.17, 15) is 23.6 Å². The molecule has 2 aromatic heterocycles. The fourth-order valence-corrected chi connectivity index (χ4v) is 7.30. The number of nitrogen functional groups attached to an aromatic ring is 1. The molecule has 16 heteroatoms. The van der Waals surface area contributed by atoms with Gasteiger partial charge in [0.05, 0.1) is 35.0 Å². The summed E-state index contributed by atoms with van der Waals surface area (Å²) in [6.45, 7) is 1.63. The number of benzene rings is 2. The molecule has 12 nitrogen and oxygen atoms in total. The summed E-state index contributed by atoms with van der Waals surface area (Å²) in [6.07, 6.45) is 6.97. The van der Waals surface area contributed by atoms with Crippen molar-refractivity contribution >= 4 is 52.6 Å². The Labute approximate surface area is 300 Å². The van der Waals surface area contributed by atoms with Crippen molar-refractivity contribution in [2.75, 3.05) is 25.4 Å². The summed E-state index contributed by atoms with van der Waals surface area (Å²) in [4.78, 5) is 57.3. The van der Waals surface area contributed by atoms with Crippen molar-refractivity contribution in [3.63, 3.8) is 0 Å². The van der Waals surface area contributed by atoms with Crippen molar-refractivity contribution < 1.29 is 32.7 Å². The molecule has 4 aromatic rings. The fraction of sp³-hybridized carbons (Fsp3) is 0.314. The number of nitrogens with one attached hydrogen (secondary N) is 1. The van der Waals surface area contributed by atoms with Crippen molar-refractivity contribution in [2.45, 2.75) is 50.7 Å². The predicted octanol–water partition coefficient (Wildman–Crippen LogP) is 4.97. The highest BCUT2D eigenvalue weighted by molar-refractivity contribution is 6.36. The number of pyridine rings is 1. The number of halogens is 4. The first kappa shape index (κ1) is 34.5. The van der Waals surface area contributed by atoms with Crippen LogP contribution in [-0.2, 0) is 22.6 Å². The molecule has 1 atom stereocenters. The minimum Gasteiger partial charge on any atom is -0.489 e. The Bertz CT molecular complexity index is 2090. The van der Waals surface area contributed by atoms with Crippen LogP contribution in [0.4, 0.5) is 14.6 Å². The van der Waals surface area contributed by atoms with E-state index in [-0.39, 0.29) is 66.0 Å². The van der Waals surface area contributed by atoms with E-state index in [4.69, 9.17) is 33.7 Å². The zero-order chi connectivity index (χ0) is 36.0. The molecule has 0 radical (unpaired) electrons. The van der Waals surface area contributed by atoms with Gasteiger partial charge in [0, 0.05) is 66.6 Å². The van der Waals surface area contributed by atoms with Crippen LogP contribution < -0.4 is 15.8 Å². The van der Waals surface area contributed by atoms with E-state index in [0.29, 0.717) is 29.4 Å². The van der Waals surface area contributed by atoms with E-state index in [1.54, 1.807) is 18.5 Å². The quantitative estimate of drug-likeness (QED) is 0.179. The zero-order valence-corrected chi connectivity index (χ0v) is 28.5. The number of anilines is 1. The number of aromatic nitrogens is 3. The van der Waals surface area contributed by atoms with Crippen LogP contribution in [0.3, 0.4) is 0 Å². The standard InChI is InChI=1S/C35H31Cl2F2N7O5/c36-24-3-4-25(38)30(37)22(24)9-12-51-27-13-19(14-41-32(27)40)20-15-42-45(17-20)21-7-10-44(11-8-21)16-18-1-2-23-29(31(18)39)35(50)46(34(23)49)26-5-6-28(47)43-33(26)48/h1-4,13-15,17,21,26H,5-12,16H2,(H2,40,41)(H,43,47,48)/t26-/m1/s1. The molecule has 264 valence electrons. The number of ether oxygens (including phenoxy) is 1. The summed E-state index contributed by atoms with van der Waals surface area (Å²) in [5.74, 6) is -3.64. The normalized spacial score (nSPS) is 18.4. The Hall–Kier alpha value is -4.92. The molecule has 51 heavy (non-hydrogen) atoms. The number of carbonyl (C=O) groups excluding carboxylic acids is 4. The number of hydrogen-bond donors (Lipinski definition) is 2. The lowest BCUT2D eigenvalue weighted by atomic mass is 10.0. The number of imide groups is 2. The number of rotatable bonds is 9. The third-order valence-corrected chi connectivity index (χ3v) is 10.3. The lowest BCUT2D eigenvalue weighted by Crippen LogP contribution is -2.54. The molecule has 4 amide bonds. The highest BCUT2D eigenvalue weighted by Gasteiger charge is 2.46. The molecule has 0 unspecified atom stereocenters. The van der Waals surface area contributed by atoms with E-state index in [1.165, 1.54) is 24.3 Å². The summed E-state index contributed by atoms with van der Waals surface area (Å²) >= 11 is 12.3. The average Bonchev–Trinajstić information content (AvgIpc) is 3.70. The van der Waals surface area contributed by atoms with Gasteiger partial charge in [-0.3, -0.25) is 39.0 Å².